The Morgan fingerprint density at radius 3 is 2.62 bits per heavy atom. The molecule has 84 valence electrons. The summed E-state index contributed by atoms with van der Waals surface area (Å²) in [5.41, 5.74) is 7.92. The molecule has 0 aliphatic carbocycles. The molecule has 1 heterocycles. The summed E-state index contributed by atoms with van der Waals surface area (Å²) in [6.45, 7) is 2.65. The zero-order valence-corrected chi connectivity index (χ0v) is 10.7. The minimum Gasteiger partial charge on any atom is -0.328 e. The first-order valence-electron chi connectivity index (χ1n) is 5.22. The molecule has 2 N–H and O–H groups in total. The summed E-state index contributed by atoms with van der Waals surface area (Å²) < 4.78 is 3.04. The van der Waals surface area contributed by atoms with Gasteiger partial charge in [0.15, 0.2) is 0 Å². The van der Waals surface area contributed by atoms with Crippen LogP contribution in [0.1, 0.15) is 13.0 Å². The molecule has 0 radical (unpaired) electrons. The van der Waals surface area contributed by atoms with Crippen LogP contribution < -0.4 is 5.73 Å². The normalized spacial score (nSPS) is 12.7. The molecule has 2 rings (SSSR count). The predicted molar refractivity (Wildman–Crippen MR) is 69.1 cm³/mol. The highest BCUT2D eigenvalue weighted by Gasteiger charge is 2.09. The number of rotatable bonds is 3. The van der Waals surface area contributed by atoms with Crippen molar-refractivity contribution in [1.82, 2.24) is 9.78 Å². The Morgan fingerprint density at radius 2 is 2.00 bits per heavy atom. The standard InChI is InChI=1S/C12H14BrN3/c1-9(8-14)16-12(6-7-15-16)10-2-4-11(13)5-3-10/h2-7,9H,8,14H2,1H3. The Morgan fingerprint density at radius 1 is 1.31 bits per heavy atom. The average molecular weight is 280 g/mol. The van der Waals surface area contributed by atoms with Crippen LogP contribution in [0.4, 0.5) is 0 Å². The molecule has 1 aromatic heterocycles. The van der Waals surface area contributed by atoms with Crippen LogP contribution in [0.15, 0.2) is 41.0 Å². The minimum absolute atomic E-state index is 0.216. The highest BCUT2D eigenvalue weighted by atomic mass is 79.9. The maximum Gasteiger partial charge on any atom is 0.0685 e. The Bertz CT molecular complexity index is 461. The molecular weight excluding hydrogens is 266 g/mol. The molecule has 1 aromatic carbocycles. The zero-order chi connectivity index (χ0) is 11.5. The molecular formula is C12H14BrN3. The van der Waals surface area contributed by atoms with Crippen molar-refractivity contribution >= 4 is 15.9 Å². The van der Waals surface area contributed by atoms with Gasteiger partial charge >= 0.3 is 0 Å². The van der Waals surface area contributed by atoms with Crippen molar-refractivity contribution in [2.45, 2.75) is 13.0 Å². The molecule has 0 saturated heterocycles. The second-order valence-electron chi connectivity index (χ2n) is 3.75. The minimum atomic E-state index is 0.216. The third kappa shape index (κ3) is 2.18. The molecule has 1 unspecified atom stereocenters. The van der Waals surface area contributed by atoms with Crippen LogP contribution in [0.2, 0.25) is 0 Å². The van der Waals surface area contributed by atoms with Gasteiger partial charge < -0.3 is 5.73 Å². The first-order valence-corrected chi connectivity index (χ1v) is 6.01. The molecule has 1 atom stereocenters. The smallest absolute Gasteiger partial charge is 0.0685 e. The van der Waals surface area contributed by atoms with Crippen LogP contribution in [0, 0.1) is 0 Å². The molecule has 0 fully saturated rings. The monoisotopic (exact) mass is 279 g/mol. The lowest BCUT2D eigenvalue weighted by Gasteiger charge is -2.13. The van der Waals surface area contributed by atoms with Crippen molar-refractivity contribution in [3.63, 3.8) is 0 Å². The number of nitrogens with two attached hydrogens (primary N) is 1. The number of nitrogens with zero attached hydrogens (tertiary/aromatic N) is 2. The summed E-state index contributed by atoms with van der Waals surface area (Å²) in [4.78, 5) is 0. The SMILES string of the molecule is CC(CN)n1nccc1-c1ccc(Br)cc1. The molecule has 0 aliphatic heterocycles. The summed E-state index contributed by atoms with van der Waals surface area (Å²) >= 11 is 3.43. The molecule has 0 spiro atoms. The van der Waals surface area contributed by atoms with Gasteiger partial charge in [0.25, 0.3) is 0 Å². The van der Waals surface area contributed by atoms with Gasteiger partial charge in [-0.2, -0.15) is 5.10 Å². The summed E-state index contributed by atoms with van der Waals surface area (Å²) in [5.74, 6) is 0. The average Bonchev–Trinajstić information content (AvgIpc) is 2.78. The second-order valence-corrected chi connectivity index (χ2v) is 4.67. The Kier molecular flexibility index (Phi) is 3.41. The van der Waals surface area contributed by atoms with E-state index in [2.05, 4.69) is 40.1 Å². The third-order valence-electron chi connectivity index (χ3n) is 2.57. The van der Waals surface area contributed by atoms with E-state index in [9.17, 15) is 0 Å². The van der Waals surface area contributed by atoms with Crippen molar-refractivity contribution in [3.8, 4) is 11.3 Å². The summed E-state index contributed by atoms with van der Waals surface area (Å²) in [7, 11) is 0. The Balaban J connectivity index is 2.40. The zero-order valence-electron chi connectivity index (χ0n) is 9.10. The number of benzene rings is 1. The second kappa shape index (κ2) is 4.80. The molecule has 0 saturated carbocycles. The van der Waals surface area contributed by atoms with Gasteiger partial charge in [-0.05, 0) is 30.7 Å². The molecule has 4 heteroatoms. The highest BCUT2D eigenvalue weighted by Crippen LogP contribution is 2.23. The topological polar surface area (TPSA) is 43.8 Å². The van der Waals surface area contributed by atoms with Crippen LogP contribution in [-0.2, 0) is 0 Å². The molecule has 0 bridgehead atoms. The van der Waals surface area contributed by atoms with Crippen LogP contribution in [0.5, 0.6) is 0 Å². The van der Waals surface area contributed by atoms with Crippen molar-refractivity contribution in [1.29, 1.82) is 0 Å². The fourth-order valence-corrected chi connectivity index (χ4v) is 1.88. The van der Waals surface area contributed by atoms with Gasteiger partial charge in [0.05, 0.1) is 11.7 Å². The molecule has 0 amide bonds. The first kappa shape index (κ1) is 11.4. The van der Waals surface area contributed by atoms with Crippen molar-refractivity contribution < 1.29 is 0 Å². The largest absolute Gasteiger partial charge is 0.328 e. The molecule has 3 nitrogen and oxygen atoms in total. The van der Waals surface area contributed by atoms with Crippen LogP contribution >= 0.6 is 15.9 Å². The predicted octanol–water partition coefficient (Wildman–Crippen LogP) is 2.83. The van der Waals surface area contributed by atoms with E-state index >= 15 is 0 Å². The quantitative estimate of drug-likeness (QED) is 0.939. The Hall–Kier alpha value is -1.13. The van der Waals surface area contributed by atoms with Crippen LogP contribution in [-0.4, -0.2) is 16.3 Å². The van der Waals surface area contributed by atoms with Gasteiger partial charge in [0, 0.05) is 17.2 Å². The van der Waals surface area contributed by atoms with Gasteiger partial charge in [-0.3, -0.25) is 4.68 Å². The summed E-state index contributed by atoms with van der Waals surface area (Å²) in [5, 5.41) is 4.31. The van der Waals surface area contributed by atoms with E-state index in [-0.39, 0.29) is 6.04 Å². The maximum atomic E-state index is 5.67. The fourth-order valence-electron chi connectivity index (χ4n) is 1.61. The van der Waals surface area contributed by atoms with Crippen LogP contribution in [0.3, 0.4) is 0 Å². The molecule has 2 aromatic rings. The van der Waals surface area contributed by atoms with E-state index in [1.54, 1.807) is 0 Å². The van der Waals surface area contributed by atoms with Gasteiger partial charge in [-0.15, -0.1) is 0 Å². The number of halogens is 1. The lowest BCUT2D eigenvalue weighted by Crippen LogP contribution is -2.17. The lowest BCUT2D eigenvalue weighted by atomic mass is 10.1. The number of hydrogen-bond acceptors (Lipinski definition) is 2. The van der Waals surface area contributed by atoms with E-state index in [1.807, 2.05) is 29.1 Å². The highest BCUT2D eigenvalue weighted by molar-refractivity contribution is 9.10. The van der Waals surface area contributed by atoms with E-state index < -0.39 is 0 Å². The van der Waals surface area contributed by atoms with Crippen molar-refractivity contribution in [2.24, 2.45) is 5.73 Å². The van der Waals surface area contributed by atoms with Crippen molar-refractivity contribution in [3.05, 3.63) is 41.0 Å². The molecule has 0 aliphatic rings. The van der Waals surface area contributed by atoms with Gasteiger partial charge in [0.2, 0.25) is 0 Å². The first-order chi connectivity index (χ1) is 7.72. The van der Waals surface area contributed by atoms with Crippen LogP contribution in [0.25, 0.3) is 11.3 Å². The maximum absolute atomic E-state index is 5.67. The Labute approximate surface area is 103 Å². The van der Waals surface area contributed by atoms with E-state index in [0.29, 0.717) is 6.54 Å². The van der Waals surface area contributed by atoms with Gasteiger partial charge in [-0.1, -0.05) is 28.1 Å². The van der Waals surface area contributed by atoms with Crippen molar-refractivity contribution in [2.75, 3.05) is 6.54 Å². The fraction of sp³-hybridized carbons (Fsp3) is 0.250. The number of hydrogen-bond donors (Lipinski definition) is 1. The summed E-state index contributed by atoms with van der Waals surface area (Å²) in [6, 6.07) is 10.4. The van der Waals surface area contributed by atoms with Gasteiger partial charge in [-0.25, -0.2) is 0 Å². The lowest BCUT2D eigenvalue weighted by molar-refractivity contribution is 0.506. The van der Waals surface area contributed by atoms with E-state index in [0.717, 1.165) is 15.7 Å². The van der Waals surface area contributed by atoms with E-state index in [1.165, 1.54) is 0 Å². The third-order valence-corrected chi connectivity index (χ3v) is 3.10. The van der Waals surface area contributed by atoms with E-state index in [4.69, 9.17) is 5.73 Å². The summed E-state index contributed by atoms with van der Waals surface area (Å²) in [6.07, 6.45) is 1.81. The van der Waals surface area contributed by atoms with Gasteiger partial charge in [0.1, 0.15) is 0 Å². The number of aromatic nitrogens is 2. The molecule has 16 heavy (non-hydrogen) atoms.